The highest BCUT2D eigenvalue weighted by molar-refractivity contribution is 7.07. The molecule has 2 aromatic rings. The molecule has 3 heterocycles. The molecule has 1 fully saturated rings. The molecule has 0 saturated carbocycles. The van der Waals surface area contributed by atoms with E-state index in [2.05, 4.69) is 19.8 Å². The number of thiophene rings is 1. The summed E-state index contributed by atoms with van der Waals surface area (Å²) < 4.78 is 2.09. The summed E-state index contributed by atoms with van der Waals surface area (Å²) in [7, 11) is 0. The molecular formula is C16H21N3OS. The van der Waals surface area contributed by atoms with Crippen molar-refractivity contribution in [1.82, 2.24) is 14.5 Å². The van der Waals surface area contributed by atoms with Crippen LogP contribution in [0.2, 0.25) is 0 Å². The summed E-state index contributed by atoms with van der Waals surface area (Å²) in [6, 6.07) is 2.43. The van der Waals surface area contributed by atoms with Gasteiger partial charge in [-0.05, 0) is 48.1 Å². The SMILES string of the molecule is O=C(Cc1ccsc1)N1CCCC[C@H]1CCn1ccnc1. The Hall–Kier alpha value is -1.62. The zero-order chi connectivity index (χ0) is 14.5. The highest BCUT2D eigenvalue weighted by Gasteiger charge is 2.26. The number of hydrogen-bond donors (Lipinski definition) is 0. The second kappa shape index (κ2) is 6.89. The number of nitrogens with zero attached hydrogens (tertiary/aromatic N) is 3. The first-order valence-electron chi connectivity index (χ1n) is 7.59. The number of carbonyl (C=O) groups excluding carboxylic acids is 1. The summed E-state index contributed by atoms with van der Waals surface area (Å²) in [5, 5.41) is 4.11. The lowest BCUT2D eigenvalue weighted by Gasteiger charge is -2.36. The number of piperidine rings is 1. The molecule has 0 radical (unpaired) electrons. The third-order valence-corrected chi connectivity index (χ3v) is 4.89. The van der Waals surface area contributed by atoms with Gasteiger partial charge in [0.15, 0.2) is 0 Å². The lowest BCUT2D eigenvalue weighted by atomic mass is 9.98. The van der Waals surface area contributed by atoms with E-state index in [1.807, 2.05) is 24.0 Å². The Balaban J connectivity index is 1.59. The zero-order valence-electron chi connectivity index (χ0n) is 12.1. The minimum absolute atomic E-state index is 0.281. The molecule has 0 aliphatic carbocycles. The van der Waals surface area contributed by atoms with E-state index < -0.39 is 0 Å². The van der Waals surface area contributed by atoms with Gasteiger partial charge in [0, 0.05) is 31.5 Å². The van der Waals surface area contributed by atoms with Crippen LogP contribution in [0.3, 0.4) is 0 Å². The van der Waals surface area contributed by atoms with Crippen LogP contribution in [0.5, 0.6) is 0 Å². The lowest BCUT2D eigenvalue weighted by molar-refractivity contribution is -0.134. The maximum atomic E-state index is 12.5. The number of aryl methyl sites for hydroxylation is 1. The molecule has 21 heavy (non-hydrogen) atoms. The van der Waals surface area contributed by atoms with E-state index in [1.54, 1.807) is 17.5 Å². The van der Waals surface area contributed by atoms with Crippen molar-refractivity contribution >= 4 is 17.2 Å². The maximum Gasteiger partial charge on any atom is 0.227 e. The second-order valence-corrected chi connectivity index (χ2v) is 6.41. The predicted molar refractivity (Wildman–Crippen MR) is 84.2 cm³/mol. The molecule has 2 aromatic heterocycles. The number of amides is 1. The van der Waals surface area contributed by atoms with E-state index in [4.69, 9.17) is 0 Å². The first-order chi connectivity index (χ1) is 10.3. The predicted octanol–water partition coefficient (Wildman–Crippen LogP) is 2.96. The molecule has 1 amide bonds. The van der Waals surface area contributed by atoms with Crippen molar-refractivity contribution < 1.29 is 4.79 Å². The Morgan fingerprint density at radius 3 is 3.14 bits per heavy atom. The molecule has 112 valence electrons. The summed E-state index contributed by atoms with van der Waals surface area (Å²) in [5.41, 5.74) is 1.14. The zero-order valence-corrected chi connectivity index (χ0v) is 13.0. The van der Waals surface area contributed by atoms with Crippen LogP contribution in [0.1, 0.15) is 31.2 Å². The van der Waals surface area contributed by atoms with Crippen molar-refractivity contribution in [2.45, 2.75) is 44.7 Å². The minimum Gasteiger partial charge on any atom is -0.339 e. The van der Waals surface area contributed by atoms with Gasteiger partial charge >= 0.3 is 0 Å². The van der Waals surface area contributed by atoms with Gasteiger partial charge in [0.25, 0.3) is 0 Å². The molecule has 0 bridgehead atoms. The van der Waals surface area contributed by atoms with E-state index in [0.29, 0.717) is 12.5 Å². The fourth-order valence-corrected chi connectivity index (χ4v) is 3.68. The van der Waals surface area contributed by atoms with Crippen LogP contribution >= 0.6 is 11.3 Å². The Morgan fingerprint density at radius 2 is 2.38 bits per heavy atom. The Morgan fingerprint density at radius 1 is 1.43 bits per heavy atom. The molecule has 1 aliphatic rings. The highest BCUT2D eigenvalue weighted by atomic mass is 32.1. The van der Waals surface area contributed by atoms with E-state index in [1.165, 1.54) is 6.42 Å². The maximum absolute atomic E-state index is 12.5. The van der Waals surface area contributed by atoms with Crippen molar-refractivity contribution in [2.75, 3.05) is 6.54 Å². The van der Waals surface area contributed by atoms with Crippen LogP contribution < -0.4 is 0 Å². The number of aromatic nitrogens is 2. The summed E-state index contributed by atoms with van der Waals surface area (Å²) in [4.78, 5) is 18.7. The largest absolute Gasteiger partial charge is 0.339 e. The molecule has 5 heteroatoms. The second-order valence-electron chi connectivity index (χ2n) is 5.63. The highest BCUT2D eigenvalue weighted by Crippen LogP contribution is 2.22. The topological polar surface area (TPSA) is 38.1 Å². The third kappa shape index (κ3) is 3.73. The van der Waals surface area contributed by atoms with Crippen molar-refractivity contribution in [3.05, 3.63) is 41.1 Å². The van der Waals surface area contributed by atoms with Gasteiger partial charge in [-0.2, -0.15) is 11.3 Å². The van der Waals surface area contributed by atoms with E-state index >= 15 is 0 Å². The van der Waals surface area contributed by atoms with Gasteiger partial charge in [0.2, 0.25) is 5.91 Å². The molecule has 4 nitrogen and oxygen atoms in total. The van der Waals surface area contributed by atoms with Gasteiger partial charge in [-0.25, -0.2) is 4.98 Å². The van der Waals surface area contributed by atoms with E-state index in [0.717, 1.165) is 37.9 Å². The van der Waals surface area contributed by atoms with Gasteiger partial charge in [-0.15, -0.1) is 0 Å². The fraction of sp³-hybridized carbons (Fsp3) is 0.500. The fourth-order valence-electron chi connectivity index (χ4n) is 3.02. The number of imidazole rings is 1. The van der Waals surface area contributed by atoms with Crippen LogP contribution in [0.25, 0.3) is 0 Å². The number of carbonyl (C=O) groups is 1. The Bertz CT molecular complexity index is 550. The molecular weight excluding hydrogens is 282 g/mol. The van der Waals surface area contributed by atoms with Gasteiger partial charge in [0.1, 0.15) is 0 Å². The molecule has 1 saturated heterocycles. The summed E-state index contributed by atoms with van der Waals surface area (Å²) >= 11 is 1.66. The van der Waals surface area contributed by atoms with Crippen molar-refractivity contribution in [1.29, 1.82) is 0 Å². The molecule has 1 aliphatic heterocycles. The number of likely N-dealkylation sites (tertiary alicyclic amines) is 1. The lowest BCUT2D eigenvalue weighted by Crippen LogP contribution is -2.44. The van der Waals surface area contributed by atoms with E-state index in [-0.39, 0.29) is 5.91 Å². The van der Waals surface area contributed by atoms with Crippen LogP contribution in [0.4, 0.5) is 0 Å². The smallest absolute Gasteiger partial charge is 0.227 e. The van der Waals surface area contributed by atoms with Crippen molar-refractivity contribution in [3.8, 4) is 0 Å². The van der Waals surface area contributed by atoms with Gasteiger partial charge in [-0.1, -0.05) is 0 Å². The van der Waals surface area contributed by atoms with Gasteiger partial charge in [0.05, 0.1) is 12.7 Å². The summed E-state index contributed by atoms with van der Waals surface area (Å²) in [5.74, 6) is 0.281. The molecule has 3 rings (SSSR count). The average molecular weight is 303 g/mol. The first-order valence-corrected chi connectivity index (χ1v) is 8.53. The minimum atomic E-state index is 0.281. The molecule has 0 spiro atoms. The Labute approximate surface area is 129 Å². The monoisotopic (exact) mass is 303 g/mol. The first kappa shape index (κ1) is 14.3. The van der Waals surface area contributed by atoms with Crippen molar-refractivity contribution in [2.24, 2.45) is 0 Å². The third-order valence-electron chi connectivity index (χ3n) is 4.16. The van der Waals surface area contributed by atoms with E-state index in [9.17, 15) is 4.79 Å². The van der Waals surface area contributed by atoms with Crippen LogP contribution in [-0.2, 0) is 17.8 Å². The van der Waals surface area contributed by atoms with Crippen LogP contribution in [0, 0.1) is 0 Å². The van der Waals surface area contributed by atoms with Crippen molar-refractivity contribution in [3.63, 3.8) is 0 Å². The normalized spacial score (nSPS) is 18.9. The summed E-state index contributed by atoms with van der Waals surface area (Å²) in [6.45, 7) is 1.85. The molecule has 0 aromatic carbocycles. The number of hydrogen-bond acceptors (Lipinski definition) is 3. The van der Waals surface area contributed by atoms with Crippen LogP contribution in [-0.4, -0.2) is 32.9 Å². The molecule has 0 N–H and O–H groups in total. The van der Waals surface area contributed by atoms with Gasteiger partial charge in [-0.3, -0.25) is 4.79 Å². The molecule has 0 unspecified atom stereocenters. The van der Waals surface area contributed by atoms with Crippen LogP contribution in [0.15, 0.2) is 35.5 Å². The van der Waals surface area contributed by atoms with Gasteiger partial charge < -0.3 is 9.47 Å². The quantitative estimate of drug-likeness (QED) is 0.851. The number of rotatable bonds is 5. The average Bonchev–Trinajstić information content (AvgIpc) is 3.18. The summed E-state index contributed by atoms with van der Waals surface area (Å²) in [6.07, 6.45) is 10.7. The molecule has 1 atom stereocenters. The standard InChI is InChI=1S/C16H21N3OS/c20-16(11-14-5-10-21-12-14)19-7-2-1-3-15(19)4-8-18-9-6-17-13-18/h5-6,9-10,12-13,15H,1-4,7-8,11H2/t15-/m0/s1. The Kier molecular flexibility index (Phi) is 4.70.